The van der Waals surface area contributed by atoms with Crippen LogP contribution >= 0.6 is 0 Å². The Morgan fingerprint density at radius 2 is 1.94 bits per heavy atom. The van der Waals surface area contributed by atoms with E-state index in [0.717, 1.165) is 40.8 Å². The first-order valence-corrected chi connectivity index (χ1v) is 10.8. The first kappa shape index (κ1) is 21.9. The molecule has 7 nitrogen and oxygen atoms in total. The van der Waals surface area contributed by atoms with Gasteiger partial charge in [-0.3, -0.25) is 9.78 Å². The van der Waals surface area contributed by atoms with E-state index in [1.807, 2.05) is 73.5 Å². The van der Waals surface area contributed by atoms with Crippen molar-refractivity contribution in [2.24, 2.45) is 0 Å². The molecule has 1 unspecified atom stereocenters. The van der Waals surface area contributed by atoms with Gasteiger partial charge in [-0.25, -0.2) is 9.97 Å². The number of hydrogen-bond donors (Lipinski definition) is 0. The van der Waals surface area contributed by atoms with Crippen molar-refractivity contribution in [3.05, 3.63) is 71.3 Å². The molecule has 4 rings (SSSR count). The number of amides is 1. The molecule has 1 aromatic carbocycles. The van der Waals surface area contributed by atoms with E-state index >= 15 is 0 Å². The number of hydrogen-bond acceptors (Lipinski definition) is 6. The molecule has 0 N–H and O–H groups in total. The lowest BCUT2D eigenvalue weighted by molar-refractivity contribution is 0.0733. The minimum Gasteiger partial charge on any atom is -0.380 e. The fourth-order valence-electron chi connectivity index (χ4n) is 4.21. The first-order chi connectivity index (χ1) is 15.5. The van der Waals surface area contributed by atoms with Crippen LogP contribution in [0.25, 0.3) is 11.1 Å². The Hall–Kier alpha value is -3.32. The van der Waals surface area contributed by atoms with Gasteiger partial charge in [-0.05, 0) is 54.7 Å². The van der Waals surface area contributed by atoms with Gasteiger partial charge in [0.25, 0.3) is 5.91 Å². The third kappa shape index (κ3) is 4.34. The number of rotatable bonds is 6. The summed E-state index contributed by atoms with van der Waals surface area (Å²) >= 11 is 0. The van der Waals surface area contributed by atoms with Crippen molar-refractivity contribution in [1.82, 2.24) is 19.9 Å². The topological polar surface area (TPSA) is 71.5 Å². The lowest BCUT2D eigenvalue weighted by Gasteiger charge is -2.27. The molecule has 1 atom stereocenters. The Bertz CT molecular complexity index is 1100. The minimum atomic E-state index is -0.106. The quantitative estimate of drug-likeness (QED) is 0.587. The lowest BCUT2D eigenvalue weighted by atomic mass is 9.97. The maximum absolute atomic E-state index is 13.5. The summed E-state index contributed by atoms with van der Waals surface area (Å²) in [4.78, 5) is 31.0. The zero-order valence-corrected chi connectivity index (χ0v) is 19.1. The van der Waals surface area contributed by atoms with E-state index in [0.29, 0.717) is 24.7 Å². The van der Waals surface area contributed by atoms with Gasteiger partial charge in [-0.15, -0.1) is 0 Å². The van der Waals surface area contributed by atoms with Crippen molar-refractivity contribution in [2.45, 2.75) is 32.4 Å². The number of carbonyl (C=O) groups excluding carboxylic acids is 1. The fourth-order valence-corrected chi connectivity index (χ4v) is 4.21. The average molecular weight is 432 g/mol. The number of benzene rings is 1. The highest BCUT2D eigenvalue weighted by molar-refractivity contribution is 5.95. The highest BCUT2D eigenvalue weighted by Gasteiger charge is 2.34. The van der Waals surface area contributed by atoms with Crippen LogP contribution in [0, 0.1) is 6.92 Å². The van der Waals surface area contributed by atoms with Crippen LogP contribution in [0.5, 0.6) is 0 Å². The molecule has 32 heavy (non-hydrogen) atoms. The number of likely N-dealkylation sites (tertiary alicyclic amines) is 1. The Labute approximate surface area is 189 Å². The van der Waals surface area contributed by atoms with Crippen LogP contribution in [0.2, 0.25) is 0 Å². The summed E-state index contributed by atoms with van der Waals surface area (Å²) in [5.41, 5.74) is 5.67. The van der Waals surface area contributed by atoms with Gasteiger partial charge in [0, 0.05) is 57.5 Å². The summed E-state index contributed by atoms with van der Waals surface area (Å²) in [7, 11) is 5.52. The number of carbonyl (C=O) groups is 1. The van der Waals surface area contributed by atoms with Crippen LogP contribution in [-0.4, -0.2) is 53.5 Å². The second kappa shape index (κ2) is 9.44. The van der Waals surface area contributed by atoms with Crippen molar-refractivity contribution in [3.8, 4) is 11.1 Å². The SMILES string of the molecule is COCc1ccc(C(=O)N2CCCC2c2nc(N(C)C)ncc2-c2ccncc2C)cc1. The largest absolute Gasteiger partial charge is 0.380 e. The summed E-state index contributed by atoms with van der Waals surface area (Å²) in [6.07, 6.45) is 7.31. The molecule has 1 aliphatic rings. The van der Waals surface area contributed by atoms with E-state index < -0.39 is 0 Å². The molecule has 0 radical (unpaired) electrons. The second-order valence-corrected chi connectivity index (χ2v) is 8.34. The summed E-state index contributed by atoms with van der Waals surface area (Å²) in [6, 6.07) is 9.54. The standard InChI is InChI=1S/C25H29N5O2/c1-17-14-26-12-11-20(17)21-15-27-25(29(2)3)28-23(21)22-6-5-13-30(22)24(31)19-9-7-18(8-10-19)16-32-4/h7-12,14-15,22H,5-6,13,16H2,1-4H3. The summed E-state index contributed by atoms with van der Waals surface area (Å²) < 4.78 is 5.18. The second-order valence-electron chi connectivity index (χ2n) is 8.34. The fraction of sp³-hybridized carbons (Fsp3) is 0.360. The van der Waals surface area contributed by atoms with Gasteiger partial charge in [0.15, 0.2) is 0 Å². The molecular formula is C25H29N5O2. The lowest BCUT2D eigenvalue weighted by Crippen LogP contribution is -2.31. The van der Waals surface area contributed by atoms with Gasteiger partial charge in [0.05, 0.1) is 18.3 Å². The van der Waals surface area contributed by atoms with Crippen molar-refractivity contribution < 1.29 is 9.53 Å². The molecule has 2 aromatic heterocycles. The maximum atomic E-state index is 13.5. The van der Waals surface area contributed by atoms with Gasteiger partial charge in [0.2, 0.25) is 5.95 Å². The Morgan fingerprint density at radius 1 is 1.16 bits per heavy atom. The van der Waals surface area contributed by atoms with E-state index in [2.05, 4.69) is 9.97 Å². The van der Waals surface area contributed by atoms with Gasteiger partial charge >= 0.3 is 0 Å². The predicted molar refractivity (Wildman–Crippen MR) is 124 cm³/mol. The number of nitrogens with zero attached hydrogens (tertiary/aromatic N) is 5. The highest BCUT2D eigenvalue weighted by Crippen LogP contribution is 2.38. The minimum absolute atomic E-state index is 0.0267. The molecule has 3 aromatic rings. The van der Waals surface area contributed by atoms with Crippen LogP contribution in [-0.2, 0) is 11.3 Å². The normalized spacial score (nSPS) is 15.8. The number of pyridine rings is 1. The van der Waals surface area contributed by atoms with Crippen molar-refractivity contribution in [3.63, 3.8) is 0 Å². The van der Waals surface area contributed by atoms with E-state index in [1.165, 1.54) is 0 Å². The third-order valence-corrected chi connectivity index (χ3v) is 5.86. The molecule has 1 aliphatic heterocycles. The summed E-state index contributed by atoms with van der Waals surface area (Å²) in [5.74, 6) is 0.664. The van der Waals surface area contributed by atoms with Gasteiger partial charge in [-0.1, -0.05) is 12.1 Å². The molecule has 7 heteroatoms. The maximum Gasteiger partial charge on any atom is 0.254 e. The molecule has 0 saturated carbocycles. The number of aromatic nitrogens is 3. The van der Waals surface area contributed by atoms with Crippen molar-refractivity contribution >= 4 is 11.9 Å². The number of anilines is 1. The number of aryl methyl sites for hydroxylation is 1. The Balaban J connectivity index is 1.73. The molecule has 1 amide bonds. The smallest absolute Gasteiger partial charge is 0.254 e. The molecule has 1 saturated heterocycles. The van der Waals surface area contributed by atoms with Gasteiger partial charge in [-0.2, -0.15) is 0 Å². The monoisotopic (exact) mass is 431 g/mol. The van der Waals surface area contributed by atoms with Gasteiger partial charge < -0.3 is 14.5 Å². The summed E-state index contributed by atoms with van der Waals surface area (Å²) in [5, 5.41) is 0. The van der Waals surface area contributed by atoms with E-state index in [9.17, 15) is 4.79 Å². The highest BCUT2D eigenvalue weighted by atomic mass is 16.5. The summed E-state index contributed by atoms with van der Waals surface area (Å²) in [6.45, 7) is 3.27. The molecule has 0 aliphatic carbocycles. The third-order valence-electron chi connectivity index (χ3n) is 5.86. The molecule has 0 bridgehead atoms. The van der Waals surface area contributed by atoms with Crippen LogP contribution in [0.4, 0.5) is 5.95 Å². The van der Waals surface area contributed by atoms with Crippen LogP contribution in [0.15, 0.2) is 48.9 Å². The first-order valence-electron chi connectivity index (χ1n) is 10.8. The molecule has 0 spiro atoms. The van der Waals surface area contributed by atoms with Crippen molar-refractivity contribution in [2.75, 3.05) is 32.6 Å². The van der Waals surface area contributed by atoms with Crippen molar-refractivity contribution in [1.29, 1.82) is 0 Å². The molecule has 166 valence electrons. The molecule has 1 fully saturated rings. The van der Waals surface area contributed by atoms with Crippen LogP contribution in [0.3, 0.4) is 0 Å². The zero-order chi connectivity index (χ0) is 22.7. The van der Waals surface area contributed by atoms with Crippen LogP contribution in [0.1, 0.15) is 46.1 Å². The Morgan fingerprint density at radius 3 is 2.62 bits per heavy atom. The molecule has 3 heterocycles. The van der Waals surface area contributed by atoms with E-state index in [-0.39, 0.29) is 11.9 Å². The zero-order valence-electron chi connectivity index (χ0n) is 19.1. The number of methoxy groups -OCH3 is 1. The van der Waals surface area contributed by atoms with Crippen LogP contribution < -0.4 is 4.90 Å². The van der Waals surface area contributed by atoms with E-state index in [1.54, 1.807) is 13.3 Å². The Kier molecular flexibility index (Phi) is 6.46. The van der Waals surface area contributed by atoms with E-state index in [4.69, 9.17) is 9.72 Å². The number of ether oxygens (including phenoxy) is 1. The predicted octanol–water partition coefficient (Wildman–Crippen LogP) is 4.04. The molecular weight excluding hydrogens is 402 g/mol. The van der Waals surface area contributed by atoms with Gasteiger partial charge in [0.1, 0.15) is 0 Å². The average Bonchev–Trinajstić information content (AvgIpc) is 3.29.